The van der Waals surface area contributed by atoms with E-state index >= 15 is 0 Å². The monoisotopic (exact) mass is 278 g/mol. The maximum atomic E-state index is 11.9. The molecule has 0 bridgehead atoms. The zero-order valence-corrected chi connectivity index (χ0v) is 11.9. The van der Waals surface area contributed by atoms with Crippen LogP contribution in [0.5, 0.6) is 5.75 Å². The first kappa shape index (κ1) is 14.8. The molecule has 1 aromatic carbocycles. The number of ether oxygens (including phenoxy) is 2. The van der Waals surface area contributed by atoms with Crippen LogP contribution in [-0.4, -0.2) is 38.3 Å². The Morgan fingerprint density at radius 1 is 1.55 bits per heavy atom. The summed E-state index contributed by atoms with van der Waals surface area (Å²) in [5.41, 5.74) is 0.757. The predicted octanol–water partition coefficient (Wildman–Crippen LogP) is 1.79. The minimum Gasteiger partial charge on any atom is -0.494 e. The van der Waals surface area contributed by atoms with Crippen molar-refractivity contribution in [2.45, 2.75) is 25.9 Å². The molecule has 110 valence electrons. The molecule has 1 fully saturated rings. The van der Waals surface area contributed by atoms with Crippen molar-refractivity contribution in [3.63, 3.8) is 0 Å². The summed E-state index contributed by atoms with van der Waals surface area (Å²) in [7, 11) is 0. The summed E-state index contributed by atoms with van der Waals surface area (Å²) in [5.74, 6) is 0.742. The predicted molar refractivity (Wildman–Crippen MR) is 78.1 cm³/mol. The minimum absolute atomic E-state index is 0.0358. The van der Waals surface area contributed by atoms with Crippen molar-refractivity contribution in [2.24, 2.45) is 0 Å². The van der Waals surface area contributed by atoms with Gasteiger partial charge in [-0.15, -0.1) is 0 Å². The molecule has 20 heavy (non-hydrogen) atoms. The van der Waals surface area contributed by atoms with E-state index in [1.165, 1.54) is 0 Å². The maximum absolute atomic E-state index is 11.9. The topological polar surface area (TPSA) is 59.6 Å². The van der Waals surface area contributed by atoms with Gasteiger partial charge in [0.1, 0.15) is 5.75 Å². The van der Waals surface area contributed by atoms with E-state index in [9.17, 15) is 4.79 Å². The van der Waals surface area contributed by atoms with Crippen molar-refractivity contribution in [2.75, 3.05) is 31.6 Å². The number of amides is 1. The normalized spacial score (nSPS) is 18.6. The first-order valence-corrected chi connectivity index (χ1v) is 7.13. The van der Waals surface area contributed by atoms with Gasteiger partial charge >= 0.3 is 0 Å². The van der Waals surface area contributed by atoms with E-state index in [1.54, 1.807) is 0 Å². The number of carbonyl (C=O) groups excluding carboxylic acids is 1. The quantitative estimate of drug-likeness (QED) is 0.833. The smallest absolute Gasteiger partial charge is 0.227 e. The van der Waals surface area contributed by atoms with Gasteiger partial charge in [0.2, 0.25) is 5.91 Å². The second-order valence-electron chi connectivity index (χ2n) is 4.83. The molecular formula is C15H22N2O3. The molecule has 2 N–H and O–H groups in total. The van der Waals surface area contributed by atoms with Gasteiger partial charge in [-0.2, -0.15) is 0 Å². The molecule has 1 amide bonds. The number of morpholine rings is 1. The zero-order valence-electron chi connectivity index (χ0n) is 11.9. The average Bonchev–Trinajstić information content (AvgIpc) is 2.46. The lowest BCUT2D eigenvalue weighted by atomic mass is 10.2. The lowest BCUT2D eigenvalue weighted by molar-refractivity contribution is -0.119. The van der Waals surface area contributed by atoms with Crippen LogP contribution in [0.2, 0.25) is 0 Å². The number of nitrogens with one attached hydrogen (secondary N) is 2. The second kappa shape index (κ2) is 7.87. The van der Waals surface area contributed by atoms with Crippen LogP contribution in [0.15, 0.2) is 24.3 Å². The summed E-state index contributed by atoms with van der Waals surface area (Å²) in [6.45, 7) is 4.99. The fraction of sp³-hybridized carbons (Fsp3) is 0.533. The third-order valence-corrected chi connectivity index (χ3v) is 3.01. The van der Waals surface area contributed by atoms with Gasteiger partial charge in [0, 0.05) is 24.8 Å². The number of hydrogen-bond acceptors (Lipinski definition) is 4. The molecule has 1 unspecified atom stereocenters. The molecule has 0 aromatic heterocycles. The summed E-state index contributed by atoms with van der Waals surface area (Å²) in [6, 6.07) is 7.46. The average molecular weight is 278 g/mol. The van der Waals surface area contributed by atoms with Crippen molar-refractivity contribution >= 4 is 11.6 Å². The first-order chi connectivity index (χ1) is 9.78. The summed E-state index contributed by atoms with van der Waals surface area (Å²) in [6.07, 6.45) is 1.29. The maximum Gasteiger partial charge on any atom is 0.227 e. The zero-order chi connectivity index (χ0) is 14.2. The first-order valence-electron chi connectivity index (χ1n) is 7.13. The molecule has 0 spiro atoms. The van der Waals surface area contributed by atoms with Gasteiger partial charge in [0.05, 0.1) is 25.7 Å². The van der Waals surface area contributed by atoms with E-state index in [-0.39, 0.29) is 12.0 Å². The van der Waals surface area contributed by atoms with Crippen molar-refractivity contribution in [1.29, 1.82) is 0 Å². The van der Waals surface area contributed by atoms with Crippen molar-refractivity contribution < 1.29 is 14.3 Å². The molecule has 1 atom stereocenters. The number of carbonyl (C=O) groups is 1. The van der Waals surface area contributed by atoms with Gasteiger partial charge in [-0.1, -0.05) is 13.0 Å². The Morgan fingerprint density at radius 3 is 3.20 bits per heavy atom. The van der Waals surface area contributed by atoms with Crippen LogP contribution in [0.4, 0.5) is 5.69 Å². The lowest BCUT2D eigenvalue weighted by Crippen LogP contribution is -2.40. The van der Waals surface area contributed by atoms with Gasteiger partial charge in [0.25, 0.3) is 0 Å². The van der Waals surface area contributed by atoms with Crippen molar-refractivity contribution in [1.82, 2.24) is 5.32 Å². The van der Waals surface area contributed by atoms with Gasteiger partial charge in [-0.3, -0.25) is 4.79 Å². The number of anilines is 1. The highest BCUT2D eigenvalue weighted by Crippen LogP contribution is 2.18. The highest BCUT2D eigenvalue weighted by atomic mass is 16.5. The molecule has 0 saturated carbocycles. The van der Waals surface area contributed by atoms with Crippen LogP contribution < -0.4 is 15.4 Å². The van der Waals surface area contributed by atoms with Gasteiger partial charge in [0.15, 0.2) is 0 Å². The molecule has 2 rings (SSSR count). The van der Waals surface area contributed by atoms with Crippen molar-refractivity contribution in [3.05, 3.63) is 24.3 Å². The van der Waals surface area contributed by atoms with Crippen LogP contribution in [0, 0.1) is 0 Å². The Kier molecular flexibility index (Phi) is 5.83. The Morgan fingerprint density at radius 2 is 2.45 bits per heavy atom. The molecule has 5 heteroatoms. The highest BCUT2D eigenvalue weighted by Gasteiger charge is 2.17. The molecule has 1 aliphatic heterocycles. The SMILES string of the molecule is CCCOc1cccc(NC(=O)CC2CNCCO2)c1. The van der Waals surface area contributed by atoms with E-state index in [2.05, 4.69) is 17.6 Å². The standard InChI is InChI=1S/C15H22N2O3/c1-2-7-19-13-5-3-4-12(9-13)17-15(18)10-14-11-16-6-8-20-14/h3-5,9,14,16H,2,6-8,10-11H2,1H3,(H,17,18). The molecule has 0 aliphatic carbocycles. The van der Waals surface area contributed by atoms with Gasteiger partial charge in [-0.05, 0) is 18.6 Å². The van der Waals surface area contributed by atoms with E-state index in [0.29, 0.717) is 19.6 Å². The second-order valence-corrected chi connectivity index (χ2v) is 4.83. The van der Waals surface area contributed by atoms with Crippen LogP contribution >= 0.6 is 0 Å². The van der Waals surface area contributed by atoms with E-state index < -0.39 is 0 Å². The summed E-state index contributed by atoms with van der Waals surface area (Å²) in [4.78, 5) is 11.9. The van der Waals surface area contributed by atoms with E-state index in [4.69, 9.17) is 9.47 Å². The molecular weight excluding hydrogens is 256 g/mol. The third kappa shape index (κ3) is 4.83. The number of hydrogen-bond donors (Lipinski definition) is 2. The summed E-state index contributed by atoms with van der Waals surface area (Å²) >= 11 is 0. The highest BCUT2D eigenvalue weighted by molar-refractivity contribution is 5.91. The Balaban J connectivity index is 1.83. The molecule has 1 saturated heterocycles. The van der Waals surface area contributed by atoms with Gasteiger partial charge < -0.3 is 20.1 Å². The Hall–Kier alpha value is -1.59. The van der Waals surface area contributed by atoms with Crippen LogP contribution in [0.25, 0.3) is 0 Å². The van der Waals surface area contributed by atoms with E-state index in [0.717, 1.165) is 30.9 Å². The fourth-order valence-corrected chi connectivity index (χ4v) is 2.05. The summed E-state index contributed by atoms with van der Waals surface area (Å²) < 4.78 is 11.1. The molecule has 1 aliphatic rings. The Bertz CT molecular complexity index is 431. The molecule has 0 radical (unpaired) electrons. The number of benzene rings is 1. The molecule has 5 nitrogen and oxygen atoms in total. The minimum atomic E-state index is -0.0386. The van der Waals surface area contributed by atoms with E-state index in [1.807, 2.05) is 24.3 Å². The summed E-state index contributed by atoms with van der Waals surface area (Å²) in [5, 5.41) is 6.09. The lowest BCUT2D eigenvalue weighted by Gasteiger charge is -2.23. The fourth-order valence-electron chi connectivity index (χ4n) is 2.05. The van der Waals surface area contributed by atoms with Crippen LogP contribution in [0.3, 0.4) is 0 Å². The van der Waals surface area contributed by atoms with Crippen LogP contribution in [-0.2, 0) is 9.53 Å². The third-order valence-electron chi connectivity index (χ3n) is 3.01. The number of rotatable bonds is 6. The Labute approximate surface area is 119 Å². The van der Waals surface area contributed by atoms with Crippen LogP contribution in [0.1, 0.15) is 19.8 Å². The van der Waals surface area contributed by atoms with Gasteiger partial charge in [-0.25, -0.2) is 0 Å². The largest absolute Gasteiger partial charge is 0.494 e. The molecule has 1 heterocycles. The van der Waals surface area contributed by atoms with Crippen molar-refractivity contribution in [3.8, 4) is 5.75 Å². The molecule has 1 aromatic rings.